The third-order valence-electron chi connectivity index (χ3n) is 4.75. The largest absolute Gasteiger partial charge is 0.354 e. The first-order chi connectivity index (χ1) is 11.7. The number of ketones is 1. The second-order valence-electron chi connectivity index (χ2n) is 6.22. The van der Waals surface area contributed by atoms with E-state index in [1.165, 1.54) is 16.5 Å². The summed E-state index contributed by atoms with van der Waals surface area (Å²) in [6.45, 7) is 4.14. The summed E-state index contributed by atoms with van der Waals surface area (Å²) < 4.78 is 0. The van der Waals surface area contributed by atoms with E-state index in [-0.39, 0.29) is 5.78 Å². The molecule has 0 radical (unpaired) electrons. The number of nitrogens with one attached hydrogen (secondary N) is 1. The normalized spacial score (nSPS) is 11.2. The van der Waals surface area contributed by atoms with Crippen molar-refractivity contribution in [2.24, 2.45) is 0 Å². The molecule has 2 nitrogen and oxygen atoms in total. The van der Waals surface area contributed by atoms with Crippen LogP contribution in [0.1, 0.15) is 34.0 Å². The van der Waals surface area contributed by atoms with Crippen LogP contribution in [0.3, 0.4) is 0 Å². The Labute approximate surface area is 141 Å². The number of aryl methyl sites for hydroxylation is 2. The summed E-state index contributed by atoms with van der Waals surface area (Å²) in [5.41, 5.74) is 6.07. The standard InChI is InChI=1S/C22H19NO/c1-3-15-8-6-10-18-19-13-16(11-12-20(19)23-21(15)18)22(24)17-9-5-4-7-14(17)2/h4-13,23H,3H2,1-2H3. The zero-order valence-corrected chi connectivity index (χ0v) is 13.9. The van der Waals surface area contributed by atoms with Gasteiger partial charge in [-0.2, -0.15) is 0 Å². The van der Waals surface area contributed by atoms with Crippen molar-refractivity contribution in [3.63, 3.8) is 0 Å². The van der Waals surface area contributed by atoms with Crippen LogP contribution in [0.4, 0.5) is 0 Å². The van der Waals surface area contributed by atoms with E-state index < -0.39 is 0 Å². The Hall–Kier alpha value is -2.87. The highest BCUT2D eigenvalue weighted by Gasteiger charge is 2.14. The molecular weight excluding hydrogens is 294 g/mol. The smallest absolute Gasteiger partial charge is 0.193 e. The summed E-state index contributed by atoms with van der Waals surface area (Å²) in [4.78, 5) is 16.4. The van der Waals surface area contributed by atoms with Crippen LogP contribution in [-0.2, 0) is 6.42 Å². The molecular formula is C22H19NO. The Bertz CT molecular complexity index is 1070. The van der Waals surface area contributed by atoms with Gasteiger partial charge >= 0.3 is 0 Å². The Morgan fingerprint density at radius 1 is 0.958 bits per heavy atom. The van der Waals surface area contributed by atoms with Crippen molar-refractivity contribution in [1.82, 2.24) is 4.98 Å². The minimum Gasteiger partial charge on any atom is -0.354 e. The second-order valence-corrected chi connectivity index (χ2v) is 6.22. The highest BCUT2D eigenvalue weighted by Crippen LogP contribution is 2.29. The number of carbonyl (C=O) groups excluding carboxylic acids is 1. The van der Waals surface area contributed by atoms with Crippen molar-refractivity contribution in [3.8, 4) is 0 Å². The first-order valence-corrected chi connectivity index (χ1v) is 8.32. The lowest BCUT2D eigenvalue weighted by atomic mass is 9.97. The number of aromatic amines is 1. The molecule has 0 aliphatic heterocycles. The van der Waals surface area contributed by atoms with Crippen LogP contribution in [0.2, 0.25) is 0 Å². The van der Waals surface area contributed by atoms with Crippen molar-refractivity contribution in [3.05, 3.63) is 82.9 Å². The van der Waals surface area contributed by atoms with E-state index in [4.69, 9.17) is 0 Å². The molecule has 0 atom stereocenters. The molecule has 0 saturated heterocycles. The van der Waals surface area contributed by atoms with Gasteiger partial charge in [-0.1, -0.05) is 49.4 Å². The van der Waals surface area contributed by atoms with Gasteiger partial charge in [-0.05, 0) is 42.7 Å². The molecule has 0 unspecified atom stereocenters. The second kappa shape index (κ2) is 5.64. The summed E-state index contributed by atoms with van der Waals surface area (Å²) in [5, 5.41) is 2.29. The number of hydrogen-bond donors (Lipinski definition) is 1. The molecule has 0 saturated carbocycles. The van der Waals surface area contributed by atoms with Crippen LogP contribution in [-0.4, -0.2) is 10.8 Å². The predicted molar refractivity (Wildman–Crippen MR) is 99.8 cm³/mol. The number of aromatic nitrogens is 1. The van der Waals surface area contributed by atoms with E-state index in [9.17, 15) is 4.79 Å². The number of carbonyl (C=O) groups is 1. The Morgan fingerprint density at radius 2 is 1.79 bits per heavy atom. The lowest BCUT2D eigenvalue weighted by Crippen LogP contribution is -2.03. The summed E-state index contributed by atoms with van der Waals surface area (Å²) in [6.07, 6.45) is 0.985. The number of H-pyrrole nitrogens is 1. The molecule has 0 aliphatic rings. The van der Waals surface area contributed by atoms with Gasteiger partial charge in [0, 0.05) is 32.9 Å². The monoisotopic (exact) mass is 313 g/mol. The number of fused-ring (bicyclic) bond motifs is 3. The third-order valence-corrected chi connectivity index (χ3v) is 4.75. The lowest BCUT2D eigenvalue weighted by molar-refractivity contribution is 0.103. The zero-order valence-electron chi connectivity index (χ0n) is 13.9. The Kier molecular flexibility index (Phi) is 3.46. The molecule has 0 fully saturated rings. The van der Waals surface area contributed by atoms with Crippen LogP contribution in [0, 0.1) is 6.92 Å². The summed E-state index contributed by atoms with van der Waals surface area (Å²) in [6, 6.07) is 20.0. The van der Waals surface area contributed by atoms with Gasteiger partial charge in [0.2, 0.25) is 0 Å². The third kappa shape index (κ3) is 2.23. The van der Waals surface area contributed by atoms with Crippen LogP contribution < -0.4 is 0 Å². The van der Waals surface area contributed by atoms with Gasteiger partial charge in [0.15, 0.2) is 5.78 Å². The average molecular weight is 313 g/mol. The van der Waals surface area contributed by atoms with Gasteiger partial charge in [-0.25, -0.2) is 0 Å². The predicted octanol–water partition coefficient (Wildman–Crippen LogP) is 5.42. The molecule has 0 bridgehead atoms. The fourth-order valence-corrected chi connectivity index (χ4v) is 3.40. The van der Waals surface area contributed by atoms with E-state index in [1.54, 1.807) is 0 Å². The molecule has 118 valence electrons. The topological polar surface area (TPSA) is 32.9 Å². The summed E-state index contributed by atoms with van der Waals surface area (Å²) in [7, 11) is 0. The Morgan fingerprint density at radius 3 is 2.58 bits per heavy atom. The van der Waals surface area contributed by atoms with Crippen molar-refractivity contribution >= 4 is 27.6 Å². The molecule has 2 heteroatoms. The molecule has 4 rings (SSSR count). The van der Waals surface area contributed by atoms with Gasteiger partial charge in [0.25, 0.3) is 0 Å². The molecule has 0 spiro atoms. The lowest BCUT2D eigenvalue weighted by Gasteiger charge is -2.05. The maximum Gasteiger partial charge on any atom is 0.193 e. The molecule has 1 heterocycles. The van der Waals surface area contributed by atoms with E-state index in [2.05, 4.69) is 30.1 Å². The van der Waals surface area contributed by atoms with Crippen LogP contribution in [0.5, 0.6) is 0 Å². The maximum atomic E-state index is 12.9. The number of benzene rings is 3. The SMILES string of the molecule is CCc1cccc2c1[nH]c1ccc(C(=O)c3ccccc3C)cc12. The molecule has 0 amide bonds. The molecule has 4 aromatic rings. The fourth-order valence-electron chi connectivity index (χ4n) is 3.40. The van der Waals surface area contributed by atoms with Gasteiger partial charge in [0.05, 0.1) is 0 Å². The average Bonchev–Trinajstić information content (AvgIpc) is 2.99. The number of hydrogen-bond acceptors (Lipinski definition) is 1. The molecule has 0 aliphatic carbocycles. The highest BCUT2D eigenvalue weighted by molar-refractivity contribution is 6.15. The maximum absolute atomic E-state index is 12.9. The van der Waals surface area contributed by atoms with E-state index in [0.29, 0.717) is 0 Å². The van der Waals surface area contributed by atoms with Crippen LogP contribution in [0.25, 0.3) is 21.8 Å². The van der Waals surface area contributed by atoms with Crippen molar-refractivity contribution in [1.29, 1.82) is 0 Å². The van der Waals surface area contributed by atoms with Gasteiger partial charge < -0.3 is 4.98 Å². The molecule has 1 aromatic heterocycles. The quantitative estimate of drug-likeness (QED) is 0.503. The van der Waals surface area contributed by atoms with Crippen molar-refractivity contribution < 1.29 is 4.79 Å². The van der Waals surface area contributed by atoms with Gasteiger partial charge in [0.1, 0.15) is 0 Å². The molecule has 24 heavy (non-hydrogen) atoms. The van der Waals surface area contributed by atoms with Crippen LogP contribution in [0.15, 0.2) is 60.7 Å². The zero-order chi connectivity index (χ0) is 16.7. The highest BCUT2D eigenvalue weighted by atomic mass is 16.1. The van der Waals surface area contributed by atoms with Crippen LogP contribution >= 0.6 is 0 Å². The van der Waals surface area contributed by atoms with Gasteiger partial charge in [-0.15, -0.1) is 0 Å². The molecule has 3 aromatic carbocycles. The minimum atomic E-state index is 0.0796. The minimum absolute atomic E-state index is 0.0796. The first-order valence-electron chi connectivity index (χ1n) is 8.32. The first kappa shape index (κ1) is 14.7. The summed E-state index contributed by atoms with van der Waals surface area (Å²) >= 11 is 0. The van der Waals surface area contributed by atoms with E-state index in [1.807, 2.05) is 49.4 Å². The molecule has 1 N–H and O–H groups in total. The number of rotatable bonds is 3. The fraction of sp³-hybridized carbons (Fsp3) is 0.136. The van der Waals surface area contributed by atoms with E-state index in [0.717, 1.165) is 34.0 Å². The van der Waals surface area contributed by atoms with Crippen molar-refractivity contribution in [2.45, 2.75) is 20.3 Å². The number of para-hydroxylation sites is 1. The van der Waals surface area contributed by atoms with Gasteiger partial charge in [-0.3, -0.25) is 4.79 Å². The van der Waals surface area contributed by atoms with E-state index >= 15 is 0 Å². The Balaban J connectivity index is 1.91. The van der Waals surface area contributed by atoms with Crippen molar-refractivity contribution in [2.75, 3.05) is 0 Å². The summed E-state index contributed by atoms with van der Waals surface area (Å²) in [5.74, 6) is 0.0796.